The Morgan fingerprint density at radius 3 is 2.46 bits per heavy atom. The highest BCUT2D eigenvalue weighted by Crippen LogP contribution is 2.62. The van der Waals surface area contributed by atoms with Gasteiger partial charge in [0.2, 0.25) is 0 Å². The summed E-state index contributed by atoms with van der Waals surface area (Å²) in [4.78, 5) is 12.7. The largest absolute Gasteiger partial charge is 0.497 e. The number of fused-ring (bicyclic) bond motifs is 1. The minimum atomic E-state index is -0.246. The van der Waals surface area contributed by atoms with E-state index in [1.807, 2.05) is 0 Å². The Balaban J connectivity index is 1.81. The van der Waals surface area contributed by atoms with Gasteiger partial charge in [-0.3, -0.25) is 0 Å². The van der Waals surface area contributed by atoms with Crippen LogP contribution in [-0.4, -0.2) is 19.2 Å². The summed E-state index contributed by atoms with van der Waals surface area (Å²) in [5, 5.41) is 0. The first-order valence-corrected chi connectivity index (χ1v) is 9.51. The average Bonchev–Trinajstić information content (AvgIpc) is 3.14. The van der Waals surface area contributed by atoms with Gasteiger partial charge in [0.1, 0.15) is 11.9 Å². The van der Waals surface area contributed by atoms with E-state index in [0.29, 0.717) is 17.4 Å². The van der Waals surface area contributed by atoms with Gasteiger partial charge < -0.3 is 9.47 Å². The Kier molecular flexibility index (Phi) is 5.27. The van der Waals surface area contributed by atoms with Gasteiger partial charge in [0, 0.05) is 12.3 Å². The first-order valence-electron chi connectivity index (χ1n) is 9.51. The van der Waals surface area contributed by atoms with Crippen molar-refractivity contribution in [2.75, 3.05) is 7.11 Å². The van der Waals surface area contributed by atoms with E-state index >= 15 is 0 Å². The van der Waals surface area contributed by atoms with Crippen LogP contribution < -0.4 is 4.74 Å². The average molecular weight is 354 g/mol. The Hall–Kier alpha value is -2.03. The second-order valence-electron chi connectivity index (χ2n) is 8.35. The summed E-state index contributed by atoms with van der Waals surface area (Å²) in [7, 11) is 1.62. The topological polar surface area (TPSA) is 35.5 Å². The molecule has 3 nitrogen and oxygen atoms in total. The maximum Gasteiger partial charge on any atom is 0.338 e. The summed E-state index contributed by atoms with van der Waals surface area (Å²) in [5.74, 6) is 1.36. The number of carbonyl (C=O) groups excluding carboxylic acids is 1. The van der Waals surface area contributed by atoms with Gasteiger partial charge in [0.15, 0.2) is 0 Å². The number of methoxy groups -OCH3 is 1. The quantitative estimate of drug-likeness (QED) is 0.526. The molecule has 140 valence electrons. The Labute approximate surface area is 157 Å². The van der Waals surface area contributed by atoms with Gasteiger partial charge in [-0.05, 0) is 62.3 Å². The van der Waals surface area contributed by atoms with Crippen LogP contribution in [0.5, 0.6) is 5.75 Å². The Morgan fingerprint density at radius 1 is 1.12 bits per heavy atom. The van der Waals surface area contributed by atoms with Crippen LogP contribution in [0.4, 0.5) is 0 Å². The highest BCUT2D eigenvalue weighted by Gasteiger charge is 2.60. The van der Waals surface area contributed by atoms with Crippen LogP contribution in [-0.2, 0) is 4.74 Å². The molecule has 0 radical (unpaired) electrons. The van der Waals surface area contributed by atoms with Crippen molar-refractivity contribution in [2.45, 2.75) is 53.1 Å². The van der Waals surface area contributed by atoms with Crippen LogP contribution in [0.2, 0.25) is 0 Å². The molecule has 0 bridgehead atoms. The molecule has 2 aliphatic rings. The predicted octanol–water partition coefficient (Wildman–Crippen LogP) is 5.57. The Morgan fingerprint density at radius 2 is 1.81 bits per heavy atom. The van der Waals surface area contributed by atoms with Crippen LogP contribution in [0.1, 0.15) is 57.3 Å². The molecular formula is C23H30O3. The number of carbonyl (C=O) groups is 1. The lowest BCUT2D eigenvalue weighted by molar-refractivity contribution is 0.0214. The van der Waals surface area contributed by atoms with Gasteiger partial charge in [-0.25, -0.2) is 4.79 Å². The summed E-state index contributed by atoms with van der Waals surface area (Å²) in [6.45, 7) is 8.95. The second kappa shape index (κ2) is 7.30. The fourth-order valence-electron chi connectivity index (χ4n) is 4.26. The zero-order valence-electron chi connectivity index (χ0n) is 16.5. The number of esters is 1. The highest BCUT2D eigenvalue weighted by atomic mass is 16.5. The Bertz CT molecular complexity index is 724. The molecule has 3 rings (SSSR count). The van der Waals surface area contributed by atoms with Gasteiger partial charge in [0.05, 0.1) is 12.7 Å². The number of allylic oxidation sites excluding steroid dienone is 3. The number of rotatable bonds is 3. The molecule has 26 heavy (non-hydrogen) atoms. The molecular weight excluding hydrogens is 324 g/mol. The lowest BCUT2D eigenvalue weighted by Crippen LogP contribution is -2.23. The zero-order chi connectivity index (χ0) is 18.9. The van der Waals surface area contributed by atoms with Gasteiger partial charge in [0.25, 0.3) is 0 Å². The minimum Gasteiger partial charge on any atom is -0.497 e. The van der Waals surface area contributed by atoms with Crippen molar-refractivity contribution in [3.8, 4) is 5.75 Å². The first-order chi connectivity index (χ1) is 12.3. The molecule has 3 heteroatoms. The molecule has 1 saturated carbocycles. The van der Waals surface area contributed by atoms with Crippen LogP contribution in [0.25, 0.3) is 0 Å². The van der Waals surface area contributed by atoms with E-state index in [1.54, 1.807) is 31.4 Å². The summed E-state index contributed by atoms with van der Waals surface area (Å²) in [6.07, 6.45) is 7.62. The standard InChI is InChI=1S/C23H30O3/c1-15-7-6-8-16(2)14-20(21-19(13-15)23(21,3)4)26-22(24)17-9-11-18(25-5)12-10-17/h8-13,19-21H,6-7,14H2,1-5H3/b15-13+,16-8+/t19-,20-,21?/m0/s1. The van der Waals surface area contributed by atoms with E-state index in [2.05, 4.69) is 39.8 Å². The molecule has 1 unspecified atom stereocenters. The van der Waals surface area contributed by atoms with Gasteiger partial charge in [-0.1, -0.05) is 37.1 Å². The molecule has 1 aromatic rings. The van der Waals surface area contributed by atoms with E-state index in [1.165, 1.54) is 11.1 Å². The molecule has 0 aromatic heterocycles. The predicted molar refractivity (Wildman–Crippen MR) is 104 cm³/mol. The summed E-state index contributed by atoms with van der Waals surface area (Å²) in [5.41, 5.74) is 3.51. The van der Waals surface area contributed by atoms with E-state index in [0.717, 1.165) is 25.0 Å². The monoisotopic (exact) mass is 354 g/mol. The third kappa shape index (κ3) is 3.87. The molecule has 1 fully saturated rings. The van der Waals surface area contributed by atoms with Gasteiger partial charge >= 0.3 is 5.97 Å². The fourth-order valence-corrected chi connectivity index (χ4v) is 4.26. The van der Waals surface area contributed by atoms with E-state index < -0.39 is 0 Å². The van der Waals surface area contributed by atoms with Crippen molar-refractivity contribution in [1.29, 1.82) is 0 Å². The highest BCUT2D eigenvalue weighted by molar-refractivity contribution is 5.89. The lowest BCUT2D eigenvalue weighted by atomic mass is 9.98. The van der Waals surface area contributed by atoms with Crippen molar-refractivity contribution in [1.82, 2.24) is 0 Å². The van der Waals surface area contributed by atoms with Crippen molar-refractivity contribution in [3.05, 3.63) is 53.1 Å². The number of hydrogen-bond acceptors (Lipinski definition) is 3. The number of benzene rings is 1. The van der Waals surface area contributed by atoms with Crippen molar-refractivity contribution in [3.63, 3.8) is 0 Å². The molecule has 1 aromatic carbocycles. The second-order valence-corrected chi connectivity index (χ2v) is 8.35. The normalized spacial score (nSPS) is 31.5. The number of ether oxygens (including phenoxy) is 2. The van der Waals surface area contributed by atoms with Crippen LogP contribution in [0, 0.1) is 17.3 Å². The molecule has 0 saturated heterocycles. The smallest absolute Gasteiger partial charge is 0.338 e. The summed E-state index contributed by atoms with van der Waals surface area (Å²) >= 11 is 0. The number of hydrogen-bond donors (Lipinski definition) is 0. The minimum absolute atomic E-state index is 0.0806. The van der Waals surface area contributed by atoms with Crippen LogP contribution in [0.3, 0.4) is 0 Å². The lowest BCUT2D eigenvalue weighted by Gasteiger charge is -2.21. The SMILES string of the molecule is COc1ccc(C(=O)O[C@H]2C/C(C)=C/CC/C(C)=C/[C@H]3C2C3(C)C)cc1. The molecule has 0 N–H and O–H groups in total. The van der Waals surface area contributed by atoms with E-state index in [-0.39, 0.29) is 17.5 Å². The third-order valence-electron chi connectivity index (χ3n) is 6.00. The van der Waals surface area contributed by atoms with Gasteiger partial charge in [-0.2, -0.15) is 0 Å². The third-order valence-corrected chi connectivity index (χ3v) is 6.00. The summed E-state index contributed by atoms with van der Waals surface area (Å²) in [6, 6.07) is 7.13. The van der Waals surface area contributed by atoms with Crippen molar-refractivity contribution < 1.29 is 14.3 Å². The van der Waals surface area contributed by atoms with E-state index in [9.17, 15) is 4.79 Å². The van der Waals surface area contributed by atoms with Crippen molar-refractivity contribution in [2.24, 2.45) is 17.3 Å². The zero-order valence-corrected chi connectivity index (χ0v) is 16.5. The summed E-state index contributed by atoms with van der Waals surface area (Å²) < 4.78 is 11.2. The van der Waals surface area contributed by atoms with E-state index in [4.69, 9.17) is 9.47 Å². The molecule has 0 heterocycles. The maximum atomic E-state index is 12.7. The molecule has 0 aliphatic heterocycles. The molecule has 3 atom stereocenters. The fraction of sp³-hybridized carbons (Fsp3) is 0.522. The van der Waals surface area contributed by atoms with Crippen molar-refractivity contribution >= 4 is 5.97 Å². The molecule has 2 aliphatic carbocycles. The molecule has 0 spiro atoms. The van der Waals surface area contributed by atoms with Crippen LogP contribution in [0.15, 0.2) is 47.6 Å². The van der Waals surface area contributed by atoms with Crippen LogP contribution >= 0.6 is 0 Å². The maximum absolute atomic E-state index is 12.7. The molecule has 0 amide bonds. The first kappa shape index (κ1) is 18.8. The van der Waals surface area contributed by atoms with Gasteiger partial charge in [-0.15, -0.1) is 0 Å².